The fourth-order valence-corrected chi connectivity index (χ4v) is 5.11. The van der Waals surface area contributed by atoms with Gasteiger partial charge in [0.1, 0.15) is 0 Å². The van der Waals surface area contributed by atoms with Crippen molar-refractivity contribution in [1.29, 1.82) is 0 Å². The average Bonchev–Trinajstić information content (AvgIpc) is 2.88. The smallest absolute Gasteiger partial charge is 0.226 e. The SMILES string of the molecule is CNC(=O)[C@@H](C)CNC(=O)C(CCCCCCc1ccc(OC)c(OCCCOC)c1)(C(C)C)C(C)C. The van der Waals surface area contributed by atoms with Crippen LogP contribution in [0.3, 0.4) is 0 Å². The fourth-order valence-electron chi connectivity index (χ4n) is 5.11. The molecule has 0 aliphatic carbocycles. The fraction of sp³-hybridized carbons (Fsp3) is 0.733. The van der Waals surface area contributed by atoms with Gasteiger partial charge in [-0.15, -0.1) is 0 Å². The second-order valence-corrected chi connectivity index (χ2v) is 10.7. The van der Waals surface area contributed by atoms with Crippen LogP contribution >= 0.6 is 0 Å². The Labute approximate surface area is 225 Å². The van der Waals surface area contributed by atoms with Crippen LogP contribution in [-0.2, 0) is 20.7 Å². The molecule has 0 bridgehead atoms. The molecule has 1 rings (SSSR count). The number of hydrogen-bond acceptors (Lipinski definition) is 5. The summed E-state index contributed by atoms with van der Waals surface area (Å²) in [6, 6.07) is 6.16. The number of nitrogens with one attached hydrogen (secondary N) is 2. The van der Waals surface area contributed by atoms with Gasteiger partial charge in [-0.1, -0.05) is 59.9 Å². The molecule has 1 aromatic carbocycles. The van der Waals surface area contributed by atoms with Gasteiger partial charge in [0.15, 0.2) is 11.5 Å². The lowest BCUT2D eigenvalue weighted by Crippen LogP contribution is -2.50. The molecule has 0 aliphatic heterocycles. The maximum Gasteiger partial charge on any atom is 0.226 e. The molecule has 0 saturated carbocycles. The molecule has 1 atom stereocenters. The Morgan fingerprint density at radius 2 is 1.57 bits per heavy atom. The molecule has 0 aromatic heterocycles. The van der Waals surface area contributed by atoms with Crippen LogP contribution in [-0.4, -0.2) is 52.8 Å². The highest BCUT2D eigenvalue weighted by Gasteiger charge is 2.43. The van der Waals surface area contributed by atoms with Crippen LogP contribution in [0.5, 0.6) is 11.5 Å². The van der Waals surface area contributed by atoms with Crippen molar-refractivity contribution in [2.24, 2.45) is 23.2 Å². The first kappa shape index (κ1) is 32.7. The van der Waals surface area contributed by atoms with Crippen molar-refractivity contribution in [2.75, 3.05) is 41.0 Å². The van der Waals surface area contributed by atoms with Crippen LogP contribution < -0.4 is 20.1 Å². The molecule has 7 heteroatoms. The zero-order valence-electron chi connectivity index (χ0n) is 24.6. The van der Waals surface area contributed by atoms with E-state index in [0.29, 0.717) is 19.8 Å². The van der Waals surface area contributed by atoms with Gasteiger partial charge in [0.25, 0.3) is 0 Å². The van der Waals surface area contributed by atoms with E-state index >= 15 is 0 Å². The van der Waals surface area contributed by atoms with Gasteiger partial charge < -0.3 is 24.8 Å². The quantitative estimate of drug-likeness (QED) is 0.239. The van der Waals surface area contributed by atoms with Crippen LogP contribution in [0.25, 0.3) is 0 Å². The Balaban J connectivity index is 2.61. The van der Waals surface area contributed by atoms with Crippen molar-refractivity contribution >= 4 is 11.8 Å². The summed E-state index contributed by atoms with van der Waals surface area (Å²) in [4.78, 5) is 25.2. The topological polar surface area (TPSA) is 85.9 Å². The molecule has 2 amide bonds. The number of unbranched alkanes of at least 4 members (excludes halogenated alkanes) is 3. The van der Waals surface area contributed by atoms with Crippen LogP contribution in [0.1, 0.15) is 78.7 Å². The summed E-state index contributed by atoms with van der Waals surface area (Å²) in [5, 5.41) is 5.73. The zero-order chi connectivity index (χ0) is 27.8. The van der Waals surface area contributed by atoms with Crippen molar-refractivity contribution in [3.63, 3.8) is 0 Å². The highest BCUT2D eigenvalue weighted by atomic mass is 16.5. The van der Waals surface area contributed by atoms with E-state index in [9.17, 15) is 9.59 Å². The number of carbonyl (C=O) groups is 2. The van der Waals surface area contributed by atoms with Crippen molar-refractivity contribution in [2.45, 2.75) is 79.6 Å². The Kier molecular flexibility index (Phi) is 15.3. The first-order valence-corrected chi connectivity index (χ1v) is 13.9. The van der Waals surface area contributed by atoms with E-state index in [4.69, 9.17) is 14.2 Å². The van der Waals surface area contributed by atoms with Crippen molar-refractivity contribution in [3.05, 3.63) is 23.8 Å². The summed E-state index contributed by atoms with van der Waals surface area (Å²) < 4.78 is 16.4. The van der Waals surface area contributed by atoms with Crippen molar-refractivity contribution < 1.29 is 23.8 Å². The first-order chi connectivity index (χ1) is 17.6. The average molecular weight is 521 g/mol. The van der Waals surface area contributed by atoms with Crippen LogP contribution in [0.2, 0.25) is 0 Å². The number of hydrogen-bond donors (Lipinski definition) is 2. The minimum absolute atomic E-state index is 0.0540. The summed E-state index contributed by atoms with van der Waals surface area (Å²) in [6.07, 6.45) is 6.95. The van der Waals surface area contributed by atoms with Gasteiger partial charge in [-0.25, -0.2) is 0 Å². The molecule has 0 aliphatic rings. The highest BCUT2D eigenvalue weighted by molar-refractivity contribution is 5.84. The third-order valence-corrected chi connectivity index (χ3v) is 7.53. The maximum atomic E-state index is 13.4. The third kappa shape index (κ3) is 10.2. The van der Waals surface area contributed by atoms with Crippen molar-refractivity contribution in [1.82, 2.24) is 10.6 Å². The number of carbonyl (C=O) groups excluding carboxylic acids is 2. The number of ether oxygens (including phenoxy) is 3. The number of rotatable bonds is 19. The summed E-state index contributed by atoms with van der Waals surface area (Å²) in [6.45, 7) is 12.0. The van der Waals surface area contributed by atoms with Gasteiger partial charge in [-0.3, -0.25) is 9.59 Å². The number of amides is 2. The van der Waals surface area contributed by atoms with Gasteiger partial charge in [0.2, 0.25) is 11.8 Å². The normalized spacial score (nSPS) is 12.5. The molecule has 0 heterocycles. The van der Waals surface area contributed by atoms with E-state index in [2.05, 4.69) is 50.5 Å². The number of methoxy groups -OCH3 is 2. The largest absolute Gasteiger partial charge is 0.493 e. The molecule has 1 aromatic rings. The molecular weight excluding hydrogens is 468 g/mol. The van der Waals surface area contributed by atoms with Crippen molar-refractivity contribution in [3.8, 4) is 11.5 Å². The Bertz CT molecular complexity index is 801. The molecule has 0 saturated heterocycles. The Morgan fingerprint density at radius 1 is 0.892 bits per heavy atom. The van der Waals surface area contributed by atoms with E-state index in [1.165, 1.54) is 5.56 Å². The number of benzene rings is 1. The second kappa shape index (κ2) is 17.3. The highest BCUT2D eigenvalue weighted by Crippen LogP contribution is 2.41. The monoisotopic (exact) mass is 520 g/mol. The lowest BCUT2D eigenvalue weighted by Gasteiger charge is -2.40. The summed E-state index contributed by atoms with van der Waals surface area (Å²) in [7, 11) is 4.98. The Hall–Kier alpha value is -2.28. The number of aryl methyl sites for hydroxylation is 1. The minimum atomic E-state index is -0.437. The maximum absolute atomic E-state index is 13.4. The lowest BCUT2D eigenvalue weighted by molar-refractivity contribution is -0.138. The molecule has 0 unspecified atom stereocenters. The standard InChI is InChI=1S/C30H52N2O5/c1-22(2)30(23(3)4,29(34)32-21-24(5)28(33)31-6)17-12-10-9-11-14-25-15-16-26(36-8)27(20-25)37-19-13-18-35-7/h15-16,20,22-24H,9-14,17-19,21H2,1-8H3,(H,31,33)(H,32,34)/t24-/m0/s1. The predicted molar refractivity (Wildman–Crippen MR) is 150 cm³/mol. The molecule has 0 spiro atoms. The van der Waals surface area contributed by atoms with E-state index in [-0.39, 0.29) is 29.6 Å². The molecule has 212 valence electrons. The van der Waals surface area contributed by atoms with E-state index < -0.39 is 5.41 Å². The van der Waals surface area contributed by atoms with Crippen LogP contribution in [0, 0.1) is 23.2 Å². The van der Waals surface area contributed by atoms with Crippen LogP contribution in [0.15, 0.2) is 18.2 Å². The molecule has 37 heavy (non-hydrogen) atoms. The lowest BCUT2D eigenvalue weighted by atomic mass is 9.65. The summed E-state index contributed by atoms with van der Waals surface area (Å²) >= 11 is 0. The first-order valence-electron chi connectivity index (χ1n) is 13.9. The van der Waals surface area contributed by atoms with E-state index in [1.807, 2.05) is 13.0 Å². The zero-order valence-corrected chi connectivity index (χ0v) is 24.6. The molecule has 0 fully saturated rings. The second-order valence-electron chi connectivity index (χ2n) is 10.7. The summed E-state index contributed by atoms with van der Waals surface area (Å²) in [5.74, 6) is 1.73. The van der Waals surface area contributed by atoms with Gasteiger partial charge in [-0.2, -0.15) is 0 Å². The van der Waals surface area contributed by atoms with E-state index in [0.717, 1.165) is 56.4 Å². The van der Waals surface area contributed by atoms with Gasteiger partial charge in [0, 0.05) is 33.7 Å². The molecule has 7 nitrogen and oxygen atoms in total. The minimum Gasteiger partial charge on any atom is -0.493 e. The summed E-state index contributed by atoms with van der Waals surface area (Å²) in [5.41, 5.74) is 0.804. The molecule has 0 radical (unpaired) electrons. The van der Waals surface area contributed by atoms with Gasteiger partial charge in [0.05, 0.1) is 25.0 Å². The predicted octanol–water partition coefficient (Wildman–Crippen LogP) is 5.40. The molecule has 2 N–H and O–H groups in total. The molecular formula is C30H52N2O5. The Morgan fingerprint density at radius 3 is 2.16 bits per heavy atom. The van der Waals surface area contributed by atoms with Gasteiger partial charge >= 0.3 is 0 Å². The van der Waals surface area contributed by atoms with Gasteiger partial charge in [-0.05, 0) is 48.8 Å². The van der Waals surface area contributed by atoms with Crippen LogP contribution in [0.4, 0.5) is 0 Å². The van der Waals surface area contributed by atoms with E-state index in [1.54, 1.807) is 21.3 Å². The third-order valence-electron chi connectivity index (χ3n) is 7.53.